The van der Waals surface area contributed by atoms with Crippen LogP contribution in [0.1, 0.15) is 25.6 Å². The molecule has 0 spiro atoms. The number of hydrogen-bond acceptors (Lipinski definition) is 9. The molecule has 2 unspecified atom stereocenters. The average molecular weight is 489 g/mol. The van der Waals surface area contributed by atoms with Gasteiger partial charge < -0.3 is 34.3 Å². The van der Waals surface area contributed by atoms with Crippen LogP contribution in [0.5, 0.6) is 11.5 Å². The van der Waals surface area contributed by atoms with Gasteiger partial charge in [0.05, 0.1) is 5.48 Å². The van der Waals surface area contributed by atoms with E-state index in [0.29, 0.717) is 0 Å². The second-order valence-electron chi connectivity index (χ2n) is 7.22. The van der Waals surface area contributed by atoms with Crippen molar-refractivity contribution in [1.82, 2.24) is 14.6 Å². The van der Waals surface area contributed by atoms with E-state index >= 15 is 0 Å². The van der Waals surface area contributed by atoms with Crippen molar-refractivity contribution in [2.24, 2.45) is 0 Å². The standard InChI is InChI=1S/C19H24N3O10P/c1-10(16(25)26)21-33(29)32-12-5-3-4-11(8-12)30-9-13-15(24)19(2,28)17(31-13)22-14(23)6-7-20-18(22)27/h3-8,10,13,15,17,24,28,33H,9H2,1-2H3,(H,20,27)(H,21,29)(H,25,26)/t10?,13-,15-,17-,19-/m1/s1/i6D,7D,9D2. The van der Waals surface area contributed by atoms with Crippen molar-refractivity contribution >= 4 is 14.1 Å². The van der Waals surface area contributed by atoms with E-state index in [0.717, 1.165) is 13.0 Å². The molecule has 1 fully saturated rings. The fourth-order valence-corrected chi connectivity index (χ4v) is 3.76. The molecule has 1 aliphatic heterocycles. The van der Waals surface area contributed by atoms with Gasteiger partial charge in [-0.1, -0.05) is 6.07 Å². The number of carboxylic acid groups (broad SMARTS) is 1. The van der Waals surface area contributed by atoms with E-state index in [1.54, 1.807) is 0 Å². The van der Waals surface area contributed by atoms with Gasteiger partial charge in [0, 0.05) is 18.3 Å². The zero-order valence-electron chi connectivity index (χ0n) is 21.3. The number of aliphatic carboxylic acids is 1. The van der Waals surface area contributed by atoms with Crippen LogP contribution in [-0.2, 0) is 14.1 Å². The molecule has 6 atom stereocenters. The number of ether oxygens (including phenoxy) is 2. The molecule has 14 heteroatoms. The second-order valence-corrected chi connectivity index (χ2v) is 8.29. The Balaban J connectivity index is 1.84. The maximum Gasteiger partial charge on any atom is 0.330 e. The summed E-state index contributed by atoms with van der Waals surface area (Å²) < 4.78 is 59.7. The number of aromatic nitrogens is 2. The second kappa shape index (κ2) is 9.89. The van der Waals surface area contributed by atoms with Crippen LogP contribution in [0.25, 0.3) is 0 Å². The monoisotopic (exact) mass is 489 g/mol. The number of nitrogens with one attached hydrogen (secondary N) is 2. The Labute approximate surface area is 193 Å². The van der Waals surface area contributed by atoms with Gasteiger partial charge in [0.1, 0.15) is 41.9 Å². The van der Waals surface area contributed by atoms with E-state index in [1.807, 2.05) is 4.98 Å². The number of aromatic amines is 1. The molecule has 0 saturated carbocycles. The Hall–Kier alpha value is -2.96. The Kier molecular flexibility index (Phi) is 5.85. The predicted molar refractivity (Wildman–Crippen MR) is 114 cm³/mol. The molecule has 2 aromatic rings. The van der Waals surface area contributed by atoms with Crippen LogP contribution in [-0.4, -0.2) is 61.2 Å². The van der Waals surface area contributed by atoms with Crippen molar-refractivity contribution < 1.29 is 44.2 Å². The lowest BCUT2D eigenvalue weighted by Crippen LogP contribution is -2.49. The third-order valence-corrected chi connectivity index (χ3v) is 5.78. The van der Waals surface area contributed by atoms with E-state index in [4.69, 9.17) is 24.6 Å². The first kappa shape index (κ1) is 19.5. The highest BCUT2D eigenvalue weighted by molar-refractivity contribution is 7.37. The van der Waals surface area contributed by atoms with Crippen molar-refractivity contribution in [3.63, 3.8) is 0 Å². The Morgan fingerprint density at radius 3 is 2.88 bits per heavy atom. The third kappa shape index (κ3) is 5.52. The summed E-state index contributed by atoms with van der Waals surface area (Å²) in [4.78, 5) is 37.5. The van der Waals surface area contributed by atoms with Crippen LogP contribution < -0.4 is 25.6 Å². The van der Waals surface area contributed by atoms with Crippen LogP contribution in [0, 0.1) is 0 Å². The normalized spacial score (nSPS) is 28.7. The Morgan fingerprint density at radius 1 is 1.48 bits per heavy atom. The minimum atomic E-state index is -3.06. The summed E-state index contributed by atoms with van der Waals surface area (Å²) in [5.74, 6) is -1.53. The lowest BCUT2D eigenvalue weighted by molar-refractivity contribution is -0.138. The number of aliphatic hydroxyl groups excluding tert-OH is 1. The maximum absolute atomic E-state index is 12.4. The molecular weight excluding hydrogens is 461 g/mol. The summed E-state index contributed by atoms with van der Waals surface area (Å²) in [6, 6.07) is 3.01. The third-order valence-electron chi connectivity index (χ3n) is 4.69. The number of carbonyl (C=O) groups is 1. The number of H-pyrrole nitrogens is 1. The fraction of sp³-hybridized carbons (Fsp3) is 0.421. The SMILES string of the molecule is [2H]c1[nH]c(=O)n([C@@H]2O[C@H](C([2H])([2H])Oc3cccc(O[PH](=O)NC(C)C(=O)O)c3)[C@@H](O)[C@@]2(C)O)c(=O)c1[2H]. The first-order chi connectivity index (χ1) is 17.1. The summed E-state index contributed by atoms with van der Waals surface area (Å²) in [5.41, 5.74) is -4.94. The fourth-order valence-electron chi connectivity index (χ4n) is 2.88. The molecule has 3 rings (SSSR count). The van der Waals surface area contributed by atoms with Gasteiger partial charge in [-0.25, -0.2) is 14.4 Å². The summed E-state index contributed by atoms with van der Waals surface area (Å²) in [5, 5.41) is 32.6. The maximum atomic E-state index is 12.4. The molecule has 0 aliphatic carbocycles. The van der Waals surface area contributed by atoms with Crippen LogP contribution in [0.4, 0.5) is 0 Å². The number of aliphatic hydroxyl groups is 2. The van der Waals surface area contributed by atoms with E-state index in [1.165, 1.54) is 25.1 Å². The molecule has 13 nitrogen and oxygen atoms in total. The lowest BCUT2D eigenvalue weighted by Gasteiger charge is -2.26. The zero-order valence-corrected chi connectivity index (χ0v) is 18.3. The first-order valence-corrected chi connectivity index (χ1v) is 10.8. The van der Waals surface area contributed by atoms with E-state index in [2.05, 4.69) is 5.09 Å². The number of rotatable bonds is 9. The number of hydrogen-bond donors (Lipinski definition) is 5. The van der Waals surface area contributed by atoms with E-state index in [9.17, 15) is 29.2 Å². The molecule has 1 saturated heterocycles. The van der Waals surface area contributed by atoms with Crippen molar-refractivity contribution in [1.29, 1.82) is 0 Å². The highest BCUT2D eigenvalue weighted by atomic mass is 31.1. The van der Waals surface area contributed by atoms with Gasteiger partial charge in [-0.2, -0.15) is 0 Å². The predicted octanol–water partition coefficient (Wildman–Crippen LogP) is -0.544. The minimum Gasteiger partial charge on any atom is -0.491 e. The zero-order chi connectivity index (χ0) is 27.9. The summed E-state index contributed by atoms with van der Waals surface area (Å²) in [6.45, 7) is -0.654. The molecule has 1 aromatic carbocycles. The van der Waals surface area contributed by atoms with Crippen molar-refractivity contribution in [3.05, 3.63) is 57.3 Å². The van der Waals surface area contributed by atoms with Crippen LogP contribution in [0.3, 0.4) is 0 Å². The highest BCUT2D eigenvalue weighted by Gasteiger charge is 2.54. The van der Waals surface area contributed by atoms with Crippen LogP contribution in [0.15, 0.2) is 46.1 Å². The molecular formula is C19H24N3O10P. The minimum absolute atomic E-state index is 0.0726. The average Bonchev–Trinajstić information content (AvgIpc) is 3.02. The van der Waals surface area contributed by atoms with Gasteiger partial charge in [0.25, 0.3) is 5.56 Å². The van der Waals surface area contributed by atoms with Gasteiger partial charge in [-0.05, 0) is 26.0 Å². The summed E-state index contributed by atoms with van der Waals surface area (Å²) in [7, 11) is -3.06. The van der Waals surface area contributed by atoms with Gasteiger partial charge >= 0.3 is 19.8 Å². The topological polar surface area (TPSA) is 189 Å². The molecule has 1 aliphatic rings. The number of benzene rings is 1. The Bertz CT molecular complexity index is 1330. The molecule has 5 N–H and O–H groups in total. The van der Waals surface area contributed by atoms with Crippen molar-refractivity contribution in [2.45, 2.75) is 43.9 Å². The van der Waals surface area contributed by atoms with E-state index in [-0.39, 0.29) is 16.1 Å². The smallest absolute Gasteiger partial charge is 0.330 e. The molecule has 0 amide bonds. The van der Waals surface area contributed by atoms with E-state index < -0.39 is 74.3 Å². The van der Waals surface area contributed by atoms with Crippen molar-refractivity contribution in [2.75, 3.05) is 6.56 Å². The highest BCUT2D eigenvalue weighted by Crippen LogP contribution is 2.37. The molecule has 33 heavy (non-hydrogen) atoms. The first-order valence-electron chi connectivity index (χ1n) is 11.4. The lowest BCUT2D eigenvalue weighted by atomic mass is 9.96. The largest absolute Gasteiger partial charge is 0.491 e. The Morgan fingerprint density at radius 2 is 2.18 bits per heavy atom. The van der Waals surface area contributed by atoms with Gasteiger partial charge in [-0.3, -0.25) is 14.2 Å². The molecule has 0 radical (unpaired) electrons. The summed E-state index contributed by atoms with van der Waals surface area (Å²) >= 11 is 0. The van der Waals surface area contributed by atoms with Gasteiger partial charge in [-0.15, -0.1) is 0 Å². The molecule has 2 heterocycles. The quantitative estimate of drug-likeness (QED) is 0.284. The van der Waals surface area contributed by atoms with Crippen LogP contribution in [0.2, 0.25) is 0 Å². The summed E-state index contributed by atoms with van der Waals surface area (Å²) in [6.07, 6.45) is -6.74. The van der Waals surface area contributed by atoms with Crippen LogP contribution >= 0.6 is 8.18 Å². The molecule has 0 bridgehead atoms. The number of nitrogens with zero attached hydrogens (tertiary/aromatic N) is 1. The van der Waals surface area contributed by atoms with Gasteiger partial charge in [0.15, 0.2) is 6.23 Å². The van der Waals surface area contributed by atoms with Gasteiger partial charge in [0.2, 0.25) is 0 Å². The molecule has 180 valence electrons. The number of carboxylic acids is 1. The molecule has 1 aromatic heterocycles. The van der Waals surface area contributed by atoms with Crippen molar-refractivity contribution in [3.8, 4) is 11.5 Å².